The zero-order valence-electron chi connectivity index (χ0n) is 32.4. The summed E-state index contributed by atoms with van der Waals surface area (Å²) in [5.74, 6) is 2.40. The van der Waals surface area contributed by atoms with E-state index in [2.05, 4.69) is 86.0 Å². The molecule has 1 aliphatic carbocycles. The van der Waals surface area contributed by atoms with E-state index in [1.54, 1.807) is 13.8 Å². The molecule has 0 bridgehead atoms. The Bertz CT molecular complexity index is 380. The van der Waals surface area contributed by atoms with Crippen LogP contribution in [0.2, 0.25) is 0 Å². The zero-order valence-corrected chi connectivity index (χ0v) is 33.3. The molecule has 1 rings (SSSR count). The first-order valence-electron chi connectivity index (χ1n) is 16.8. The Hall–Kier alpha value is -0.170. The lowest BCUT2D eigenvalue weighted by molar-refractivity contribution is 0.216. The Morgan fingerprint density at radius 3 is 1.20 bits per heavy atom. The minimum absolute atomic E-state index is 0.167. The van der Waals surface area contributed by atoms with E-state index in [9.17, 15) is 0 Å². The maximum atomic E-state index is 8.06. The van der Waals surface area contributed by atoms with Gasteiger partial charge in [0.2, 0.25) is 0 Å². The van der Waals surface area contributed by atoms with Crippen LogP contribution in [0.25, 0.3) is 0 Å². The molecule has 3 nitrogen and oxygen atoms in total. The van der Waals surface area contributed by atoms with Crippen LogP contribution in [0, 0.1) is 17.8 Å². The van der Waals surface area contributed by atoms with E-state index in [0.717, 1.165) is 36.0 Å². The van der Waals surface area contributed by atoms with Gasteiger partial charge in [-0.05, 0) is 87.1 Å². The monoisotopic (exact) mass is 595 g/mol. The van der Waals surface area contributed by atoms with Gasteiger partial charge in [-0.3, -0.25) is 0 Å². The largest absolute Gasteiger partial charge is 0.394 e. The van der Waals surface area contributed by atoms with Gasteiger partial charge in [0.15, 0.2) is 0 Å². The van der Waals surface area contributed by atoms with Crippen molar-refractivity contribution in [1.29, 1.82) is 0 Å². The molecule has 1 aliphatic rings. The highest BCUT2D eigenvalue weighted by atomic mass is 31.1. The number of hydrogen-bond acceptors (Lipinski definition) is 3. The third-order valence-electron chi connectivity index (χ3n) is 3.68. The quantitative estimate of drug-likeness (QED) is 0.193. The third kappa shape index (κ3) is 98.5. The third-order valence-corrected chi connectivity index (χ3v) is 7.04. The normalized spacial score (nSPS) is 11.9. The maximum Gasteiger partial charge on any atom is 0.0483 e. The van der Waals surface area contributed by atoms with E-state index in [-0.39, 0.29) is 14.0 Å². The smallest absolute Gasteiger partial charge is 0.0483 e. The fraction of sp³-hybridized carbons (Fsp3) is 0.917. The van der Waals surface area contributed by atoms with Gasteiger partial charge in [-0.15, -0.1) is 5.73 Å². The van der Waals surface area contributed by atoms with Gasteiger partial charge >= 0.3 is 0 Å². The van der Waals surface area contributed by atoms with Crippen molar-refractivity contribution < 1.29 is 5.11 Å². The molecule has 1 atom stereocenters. The molecule has 0 aromatic carbocycles. The van der Waals surface area contributed by atoms with Crippen LogP contribution in [0.15, 0.2) is 18.4 Å². The summed E-state index contributed by atoms with van der Waals surface area (Å²) in [6.07, 6.45) is 7.46. The molecule has 0 aromatic rings. The van der Waals surface area contributed by atoms with E-state index < -0.39 is 0 Å². The van der Waals surface area contributed by atoms with E-state index >= 15 is 0 Å². The first kappa shape index (κ1) is 59.3. The predicted molar refractivity (Wildman–Crippen MR) is 199 cm³/mol. The van der Waals surface area contributed by atoms with Crippen LogP contribution < -0.4 is 11.1 Å². The van der Waals surface area contributed by atoms with Crippen molar-refractivity contribution in [2.45, 2.75) is 176 Å². The molecule has 4 N–H and O–H groups in total. The van der Waals surface area contributed by atoms with Crippen LogP contribution >= 0.6 is 7.92 Å². The first-order chi connectivity index (χ1) is 18.5. The van der Waals surface area contributed by atoms with Gasteiger partial charge in [-0.1, -0.05) is 146 Å². The zero-order chi connectivity index (χ0) is 34.3. The molecule has 0 aliphatic heterocycles. The molecule has 0 amide bonds. The van der Waals surface area contributed by atoms with Crippen molar-refractivity contribution >= 4 is 7.92 Å². The number of rotatable bonds is 8. The number of nitrogens with two attached hydrogens (primary N) is 1. The summed E-state index contributed by atoms with van der Waals surface area (Å²) in [5, 5.41) is 12.2. The predicted octanol–water partition coefficient (Wildman–Crippen LogP) is 11.8. The Morgan fingerprint density at radius 1 is 0.800 bits per heavy atom. The second-order valence-corrected chi connectivity index (χ2v) is 14.1. The van der Waals surface area contributed by atoms with Crippen LogP contribution in [0.4, 0.5) is 0 Å². The van der Waals surface area contributed by atoms with Crippen LogP contribution in [0.1, 0.15) is 158 Å². The molecule has 0 spiro atoms. The van der Waals surface area contributed by atoms with Crippen molar-refractivity contribution in [1.82, 2.24) is 5.32 Å². The summed E-state index contributed by atoms with van der Waals surface area (Å²) in [6, 6.07) is 0.333. The van der Waals surface area contributed by atoms with E-state index in [0.29, 0.717) is 6.04 Å². The van der Waals surface area contributed by atoms with Gasteiger partial charge in [-0.25, -0.2) is 0 Å². The molecular formula is C36H87N2OP. The Kier molecular flexibility index (Phi) is 76.4. The summed E-state index contributed by atoms with van der Waals surface area (Å²) in [7, 11) is 0.248. The summed E-state index contributed by atoms with van der Waals surface area (Å²) in [6.45, 7) is 49.4. The molecular weight excluding hydrogens is 507 g/mol. The number of aliphatic hydroxyl groups excluding tert-OH is 1. The molecule has 0 saturated heterocycles. The fourth-order valence-corrected chi connectivity index (χ4v) is 4.62. The van der Waals surface area contributed by atoms with E-state index in [1.807, 2.05) is 69.2 Å². The average Bonchev–Trinajstić information content (AvgIpc) is 3.61. The van der Waals surface area contributed by atoms with Gasteiger partial charge < -0.3 is 16.2 Å². The lowest BCUT2D eigenvalue weighted by atomic mass is 10.2. The molecule has 1 fully saturated rings. The molecule has 4 heteroatoms. The molecule has 0 heterocycles. The number of aliphatic hydroxyl groups is 1. The van der Waals surface area contributed by atoms with Crippen LogP contribution in [0.3, 0.4) is 0 Å². The Labute approximate surface area is 260 Å². The summed E-state index contributed by atoms with van der Waals surface area (Å²) in [5.41, 5.74) is 7.98. The lowest BCUT2D eigenvalue weighted by Crippen LogP contribution is -2.23. The van der Waals surface area contributed by atoms with Crippen LogP contribution in [-0.4, -0.2) is 47.8 Å². The van der Waals surface area contributed by atoms with Crippen molar-refractivity contribution in [2.75, 3.05) is 25.4 Å². The second kappa shape index (κ2) is 51.6. The standard InChI is InChI=1S/C10H17P.C8H19N.C4H10.C3H9N.C3H8O.4C2H6/c1-4-6-9-11(5-2)10(3)7-8-10;1-7(2)5-9-6-8(3)4;1-4(2)3;2*1-3(2)4;4*1-2/h6H,1,5,7-9H2,2-3H3;7-9H,5-6H2,1-4H3;4H,1-3H3;3H,4H2,1-2H3;3-4H,1-2H3;4*1-2H3. The Morgan fingerprint density at radius 2 is 1.05 bits per heavy atom. The highest BCUT2D eigenvalue weighted by Crippen LogP contribution is 2.63. The van der Waals surface area contributed by atoms with Crippen molar-refractivity contribution in [2.24, 2.45) is 23.5 Å². The Balaban J connectivity index is -0.0000000529. The summed E-state index contributed by atoms with van der Waals surface area (Å²) >= 11 is 0. The maximum absolute atomic E-state index is 8.06. The molecule has 0 aromatic heterocycles. The molecule has 1 saturated carbocycles. The number of hydrogen-bond donors (Lipinski definition) is 3. The van der Waals surface area contributed by atoms with Crippen molar-refractivity contribution in [3.05, 3.63) is 18.4 Å². The number of allylic oxidation sites excluding steroid dienone is 1. The van der Waals surface area contributed by atoms with Gasteiger partial charge in [0.25, 0.3) is 0 Å². The first-order valence-corrected chi connectivity index (χ1v) is 18.5. The van der Waals surface area contributed by atoms with Gasteiger partial charge in [0, 0.05) is 6.10 Å². The van der Waals surface area contributed by atoms with Gasteiger partial charge in [-0.2, -0.15) is 0 Å². The van der Waals surface area contributed by atoms with E-state index in [1.165, 1.54) is 25.2 Å². The van der Waals surface area contributed by atoms with E-state index in [4.69, 9.17) is 10.8 Å². The minimum atomic E-state index is -0.167. The molecule has 1 unspecified atom stereocenters. The molecule has 252 valence electrons. The highest BCUT2D eigenvalue weighted by Gasteiger charge is 2.42. The topological polar surface area (TPSA) is 58.3 Å². The molecule has 0 radical (unpaired) electrons. The van der Waals surface area contributed by atoms with Crippen molar-refractivity contribution in [3.8, 4) is 0 Å². The fourth-order valence-electron chi connectivity index (χ4n) is 2.06. The second-order valence-electron chi connectivity index (χ2n) is 11.0. The number of nitrogens with one attached hydrogen (secondary N) is 1. The lowest BCUT2D eigenvalue weighted by Gasteiger charge is -2.20. The van der Waals surface area contributed by atoms with Gasteiger partial charge in [0.1, 0.15) is 0 Å². The average molecular weight is 595 g/mol. The molecule has 40 heavy (non-hydrogen) atoms. The minimum Gasteiger partial charge on any atom is -0.394 e. The SMILES string of the molecule is C=C=CCP(CC)C1(C)CC1.CC.CC.CC.CC.CC(C)C.CC(C)CNCC(C)C.CC(C)N.CC(C)O. The van der Waals surface area contributed by atoms with Gasteiger partial charge in [0.05, 0.1) is 0 Å². The summed E-state index contributed by atoms with van der Waals surface area (Å²) < 4.78 is 0. The van der Waals surface area contributed by atoms with Crippen LogP contribution in [0.5, 0.6) is 0 Å². The highest BCUT2D eigenvalue weighted by molar-refractivity contribution is 7.59. The van der Waals surface area contributed by atoms with Crippen molar-refractivity contribution in [3.63, 3.8) is 0 Å². The summed E-state index contributed by atoms with van der Waals surface area (Å²) in [4.78, 5) is 0. The van der Waals surface area contributed by atoms with Crippen LogP contribution in [-0.2, 0) is 0 Å².